The standard InChI is InChI=1S/C19H20FN3O5/c20-12-1-3-14(4-2-12)23-16(25)11-15(24)17(22-23)18(26)21-13-5-7-19(8-6-13)27-9-10-28-19/h1-4,13H,5-11H2,(H,21,26). The lowest BCUT2D eigenvalue weighted by Gasteiger charge is -2.35. The van der Waals surface area contributed by atoms with Gasteiger partial charge in [0.2, 0.25) is 0 Å². The number of hydrogen-bond acceptors (Lipinski definition) is 6. The molecule has 2 amide bonds. The van der Waals surface area contributed by atoms with E-state index in [0.29, 0.717) is 44.6 Å². The Bertz CT molecular complexity index is 822. The first-order valence-corrected chi connectivity index (χ1v) is 9.25. The van der Waals surface area contributed by atoms with Crippen LogP contribution >= 0.6 is 0 Å². The minimum absolute atomic E-state index is 0.127. The van der Waals surface area contributed by atoms with Crippen LogP contribution in [0.4, 0.5) is 10.1 Å². The lowest BCUT2D eigenvalue weighted by Crippen LogP contribution is -2.49. The Labute approximate surface area is 160 Å². The van der Waals surface area contributed by atoms with Crippen LogP contribution in [0.3, 0.4) is 0 Å². The second kappa shape index (κ2) is 7.40. The number of nitrogens with zero attached hydrogens (tertiary/aromatic N) is 2. The van der Waals surface area contributed by atoms with Crippen LogP contribution in [0.15, 0.2) is 29.4 Å². The van der Waals surface area contributed by atoms with Gasteiger partial charge in [-0.05, 0) is 37.1 Å². The first-order valence-electron chi connectivity index (χ1n) is 9.25. The lowest BCUT2D eigenvalue weighted by molar-refractivity contribution is -0.179. The van der Waals surface area contributed by atoms with E-state index in [9.17, 15) is 18.8 Å². The molecule has 1 saturated carbocycles. The van der Waals surface area contributed by atoms with Crippen molar-refractivity contribution in [1.29, 1.82) is 0 Å². The minimum Gasteiger partial charge on any atom is -0.348 e. The summed E-state index contributed by atoms with van der Waals surface area (Å²) >= 11 is 0. The maximum atomic E-state index is 13.1. The molecular formula is C19H20FN3O5. The van der Waals surface area contributed by atoms with Crippen LogP contribution in [0.1, 0.15) is 32.1 Å². The summed E-state index contributed by atoms with van der Waals surface area (Å²) in [6.45, 7) is 1.16. The van der Waals surface area contributed by atoms with Crippen molar-refractivity contribution < 1.29 is 28.2 Å². The van der Waals surface area contributed by atoms with Crippen LogP contribution in [0.2, 0.25) is 0 Å². The Hall–Kier alpha value is -2.65. The number of Topliss-reactive ketones (excluding diaryl/α,β-unsaturated/α-hetero) is 1. The molecule has 0 aromatic heterocycles. The fourth-order valence-electron chi connectivity index (χ4n) is 3.70. The normalized spacial score (nSPS) is 22.5. The molecule has 1 aromatic carbocycles. The van der Waals surface area contributed by atoms with Crippen molar-refractivity contribution in [1.82, 2.24) is 5.32 Å². The first-order chi connectivity index (χ1) is 13.5. The quantitative estimate of drug-likeness (QED) is 0.786. The third-order valence-corrected chi connectivity index (χ3v) is 5.19. The average molecular weight is 389 g/mol. The van der Waals surface area contributed by atoms with Gasteiger partial charge in [0.1, 0.15) is 5.82 Å². The maximum Gasteiger partial charge on any atom is 0.275 e. The third-order valence-electron chi connectivity index (χ3n) is 5.19. The predicted octanol–water partition coefficient (Wildman–Crippen LogP) is 1.29. The molecule has 1 N–H and O–H groups in total. The Balaban J connectivity index is 1.45. The number of nitrogens with one attached hydrogen (secondary N) is 1. The lowest BCUT2D eigenvalue weighted by atomic mass is 9.90. The van der Waals surface area contributed by atoms with E-state index in [-0.39, 0.29) is 11.8 Å². The van der Waals surface area contributed by atoms with Gasteiger partial charge in [0.05, 0.1) is 25.3 Å². The minimum atomic E-state index is -0.629. The summed E-state index contributed by atoms with van der Waals surface area (Å²) < 4.78 is 24.4. The van der Waals surface area contributed by atoms with Crippen LogP contribution < -0.4 is 10.3 Å². The highest BCUT2D eigenvalue weighted by Gasteiger charge is 2.41. The van der Waals surface area contributed by atoms with Gasteiger partial charge in [-0.15, -0.1) is 0 Å². The molecule has 28 heavy (non-hydrogen) atoms. The second-order valence-electron chi connectivity index (χ2n) is 7.09. The van der Waals surface area contributed by atoms with Crippen molar-refractivity contribution in [3.8, 4) is 0 Å². The zero-order valence-corrected chi connectivity index (χ0v) is 15.2. The van der Waals surface area contributed by atoms with E-state index < -0.39 is 35.6 Å². The topological polar surface area (TPSA) is 97.3 Å². The van der Waals surface area contributed by atoms with Crippen LogP contribution in [-0.4, -0.2) is 48.4 Å². The van der Waals surface area contributed by atoms with Crippen LogP contribution in [0, 0.1) is 5.82 Å². The highest BCUT2D eigenvalue weighted by molar-refractivity contribution is 6.67. The molecular weight excluding hydrogens is 369 g/mol. The summed E-state index contributed by atoms with van der Waals surface area (Å²) in [6, 6.07) is 4.96. The van der Waals surface area contributed by atoms with Gasteiger partial charge >= 0.3 is 0 Å². The van der Waals surface area contributed by atoms with E-state index in [1.807, 2.05) is 0 Å². The van der Waals surface area contributed by atoms with Gasteiger partial charge in [0.25, 0.3) is 11.8 Å². The smallest absolute Gasteiger partial charge is 0.275 e. The number of carbonyl (C=O) groups is 3. The Morgan fingerprint density at radius 3 is 2.43 bits per heavy atom. The molecule has 2 fully saturated rings. The molecule has 1 aromatic rings. The largest absolute Gasteiger partial charge is 0.348 e. The van der Waals surface area contributed by atoms with Crippen molar-refractivity contribution >= 4 is 29.0 Å². The van der Waals surface area contributed by atoms with E-state index in [0.717, 1.165) is 5.01 Å². The van der Waals surface area contributed by atoms with Crippen molar-refractivity contribution in [2.24, 2.45) is 5.10 Å². The molecule has 0 radical (unpaired) electrons. The molecule has 2 heterocycles. The summed E-state index contributed by atoms with van der Waals surface area (Å²) in [4.78, 5) is 36.9. The van der Waals surface area contributed by atoms with Crippen molar-refractivity contribution in [2.75, 3.05) is 18.2 Å². The summed E-state index contributed by atoms with van der Waals surface area (Å²) in [5.74, 6) is -2.81. The van der Waals surface area contributed by atoms with E-state index >= 15 is 0 Å². The highest BCUT2D eigenvalue weighted by atomic mass is 19.1. The molecule has 4 rings (SSSR count). The van der Waals surface area contributed by atoms with Gasteiger partial charge in [0.15, 0.2) is 17.3 Å². The average Bonchev–Trinajstić information content (AvgIpc) is 3.13. The van der Waals surface area contributed by atoms with E-state index in [1.54, 1.807) is 0 Å². The number of carbonyl (C=O) groups excluding carboxylic acids is 3. The molecule has 0 unspecified atom stereocenters. The van der Waals surface area contributed by atoms with Gasteiger partial charge in [0, 0.05) is 18.9 Å². The molecule has 0 atom stereocenters. The fraction of sp³-hybridized carbons (Fsp3) is 0.474. The highest BCUT2D eigenvalue weighted by Crippen LogP contribution is 2.35. The maximum absolute atomic E-state index is 13.1. The van der Waals surface area contributed by atoms with Gasteiger partial charge in [-0.1, -0.05) is 0 Å². The van der Waals surface area contributed by atoms with Crippen molar-refractivity contribution in [3.63, 3.8) is 0 Å². The van der Waals surface area contributed by atoms with E-state index in [2.05, 4.69) is 10.4 Å². The van der Waals surface area contributed by atoms with Crippen molar-refractivity contribution in [3.05, 3.63) is 30.1 Å². The molecule has 1 aliphatic carbocycles. The molecule has 2 aliphatic heterocycles. The van der Waals surface area contributed by atoms with Crippen molar-refractivity contribution in [2.45, 2.75) is 43.9 Å². The first kappa shape index (κ1) is 18.7. The van der Waals surface area contributed by atoms with Gasteiger partial charge < -0.3 is 14.8 Å². The number of amides is 2. The number of benzene rings is 1. The zero-order valence-electron chi connectivity index (χ0n) is 15.2. The van der Waals surface area contributed by atoms with E-state index in [4.69, 9.17) is 9.47 Å². The Kier molecular flexibility index (Phi) is 4.94. The van der Waals surface area contributed by atoms with E-state index in [1.165, 1.54) is 24.3 Å². The number of hydrazone groups is 1. The Morgan fingerprint density at radius 1 is 1.14 bits per heavy atom. The molecule has 9 heteroatoms. The second-order valence-corrected chi connectivity index (χ2v) is 7.09. The number of rotatable bonds is 3. The zero-order chi connectivity index (χ0) is 19.7. The SMILES string of the molecule is O=C1CC(=O)N(c2ccc(F)cc2)N=C1C(=O)NC1CCC2(CC1)OCCO2. The van der Waals surface area contributed by atoms with Gasteiger partial charge in [-0.3, -0.25) is 14.4 Å². The molecule has 3 aliphatic rings. The number of hydrogen-bond donors (Lipinski definition) is 1. The molecule has 1 spiro atoms. The van der Waals surface area contributed by atoms with Crippen LogP contribution in [0.25, 0.3) is 0 Å². The number of halogens is 1. The fourth-order valence-corrected chi connectivity index (χ4v) is 3.70. The summed E-state index contributed by atoms with van der Waals surface area (Å²) in [5, 5.41) is 7.73. The summed E-state index contributed by atoms with van der Waals surface area (Å²) in [7, 11) is 0. The third kappa shape index (κ3) is 3.67. The molecule has 0 bridgehead atoms. The molecule has 148 valence electrons. The number of ether oxygens (including phenoxy) is 2. The van der Waals surface area contributed by atoms with Crippen LogP contribution in [0.5, 0.6) is 0 Å². The van der Waals surface area contributed by atoms with Gasteiger partial charge in [-0.25, -0.2) is 4.39 Å². The monoisotopic (exact) mass is 389 g/mol. The molecule has 8 nitrogen and oxygen atoms in total. The number of ketones is 1. The van der Waals surface area contributed by atoms with Crippen LogP contribution in [-0.2, 0) is 23.9 Å². The summed E-state index contributed by atoms with van der Waals surface area (Å²) in [5.41, 5.74) is -0.0306. The number of anilines is 1. The summed E-state index contributed by atoms with van der Waals surface area (Å²) in [6.07, 6.45) is 2.19. The predicted molar refractivity (Wildman–Crippen MR) is 96.0 cm³/mol. The molecule has 1 saturated heterocycles. The Morgan fingerprint density at radius 2 is 1.79 bits per heavy atom. The van der Waals surface area contributed by atoms with Gasteiger partial charge in [-0.2, -0.15) is 10.1 Å².